The topological polar surface area (TPSA) is 89.2 Å². The number of hydrogen-bond acceptors (Lipinski definition) is 7. The van der Waals surface area contributed by atoms with Crippen molar-refractivity contribution in [1.82, 2.24) is 25.0 Å². The number of fused-ring (bicyclic) bond motifs is 1. The van der Waals surface area contributed by atoms with Crippen molar-refractivity contribution in [3.63, 3.8) is 0 Å². The lowest BCUT2D eigenvalue weighted by atomic mass is 9.96. The highest BCUT2D eigenvalue weighted by Crippen LogP contribution is 2.29. The van der Waals surface area contributed by atoms with E-state index in [1.807, 2.05) is 28.9 Å². The lowest BCUT2D eigenvalue weighted by molar-refractivity contribution is 0.198. The monoisotopic (exact) mass is 382 g/mol. The van der Waals surface area contributed by atoms with E-state index < -0.39 is 0 Å². The van der Waals surface area contributed by atoms with Crippen molar-refractivity contribution in [1.29, 1.82) is 0 Å². The second-order valence-electron chi connectivity index (χ2n) is 8.28. The minimum atomic E-state index is -0.336. The Hall–Kier alpha value is -2.74. The number of methoxy groups -OCH3 is 1. The molecule has 1 N–H and O–H groups in total. The largest absolute Gasteiger partial charge is 0.497 e. The molecule has 1 aromatic carbocycles. The van der Waals surface area contributed by atoms with E-state index in [1.165, 1.54) is 0 Å². The van der Waals surface area contributed by atoms with E-state index in [1.54, 1.807) is 7.11 Å². The summed E-state index contributed by atoms with van der Waals surface area (Å²) in [6, 6.07) is 7.88. The number of anilines is 1. The van der Waals surface area contributed by atoms with Crippen LogP contribution in [0.3, 0.4) is 0 Å². The van der Waals surface area contributed by atoms with E-state index in [0.717, 1.165) is 35.9 Å². The van der Waals surface area contributed by atoms with Gasteiger partial charge in [-0.3, -0.25) is 0 Å². The minimum Gasteiger partial charge on any atom is -0.497 e. The van der Waals surface area contributed by atoms with E-state index >= 15 is 0 Å². The van der Waals surface area contributed by atoms with Gasteiger partial charge >= 0.3 is 0 Å². The summed E-state index contributed by atoms with van der Waals surface area (Å²) in [5, 5.41) is 18.7. The zero-order valence-corrected chi connectivity index (χ0v) is 16.8. The van der Waals surface area contributed by atoms with Crippen molar-refractivity contribution >= 4 is 17.0 Å². The Labute approximate surface area is 164 Å². The molecule has 0 radical (unpaired) electrons. The predicted molar refractivity (Wildman–Crippen MR) is 107 cm³/mol. The van der Waals surface area contributed by atoms with Crippen molar-refractivity contribution in [2.45, 2.75) is 45.3 Å². The third-order valence-corrected chi connectivity index (χ3v) is 4.97. The number of aliphatic hydroxyl groups is 1. The van der Waals surface area contributed by atoms with Crippen LogP contribution in [0.25, 0.3) is 11.2 Å². The van der Waals surface area contributed by atoms with E-state index in [4.69, 9.17) is 14.7 Å². The average Bonchev–Trinajstić information content (AvgIpc) is 3.27. The van der Waals surface area contributed by atoms with Crippen LogP contribution in [-0.2, 0) is 12.0 Å². The van der Waals surface area contributed by atoms with E-state index in [0.29, 0.717) is 24.3 Å². The molecule has 2 aromatic heterocycles. The summed E-state index contributed by atoms with van der Waals surface area (Å²) >= 11 is 0. The zero-order valence-electron chi connectivity index (χ0n) is 16.8. The van der Waals surface area contributed by atoms with Crippen LogP contribution < -0.4 is 9.64 Å². The molecule has 3 heterocycles. The Balaban J connectivity index is 1.77. The van der Waals surface area contributed by atoms with Crippen LogP contribution >= 0.6 is 0 Å². The third kappa shape index (κ3) is 3.52. The fraction of sp³-hybridized carbons (Fsp3) is 0.500. The van der Waals surface area contributed by atoms with Crippen molar-refractivity contribution in [3.05, 3.63) is 35.7 Å². The third-order valence-electron chi connectivity index (χ3n) is 4.97. The summed E-state index contributed by atoms with van der Waals surface area (Å²) in [7, 11) is 1.65. The van der Waals surface area contributed by atoms with Gasteiger partial charge in [-0.05, 0) is 24.1 Å². The van der Waals surface area contributed by atoms with E-state index in [-0.39, 0.29) is 11.5 Å². The highest BCUT2D eigenvalue weighted by Gasteiger charge is 2.28. The summed E-state index contributed by atoms with van der Waals surface area (Å²) in [6.45, 7) is 8.14. The lowest BCUT2D eigenvalue weighted by Gasteiger charge is -2.21. The second kappa shape index (κ2) is 7.01. The first-order valence-electron chi connectivity index (χ1n) is 9.53. The summed E-state index contributed by atoms with van der Waals surface area (Å²) in [4.78, 5) is 11.7. The maximum Gasteiger partial charge on any atom is 0.184 e. The number of nitrogens with zero attached hydrogens (tertiary/aromatic N) is 6. The fourth-order valence-corrected chi connectivity index (χ4v) is 3.34. The van der Waals surface area contributed by atoms with Gasteiger partial charge in [0.05, 0.1) is 19.8 Å². The van der Waals surface area contributed by atoms with Crippen LogP contribution in [-0.4, -0.2) is 56.4 Å². The van der Waals surface area contributed by atoms with Gasteiger partial charge in [0.25, 0.3) is 0 Å². The van der Waals surface area contributed by atoms with Crippen LogP contribution in [0.4, 0.5) is 5.82 Å². The summed E-state index contributed by atoms with van der Waals surface area (Å²) in [6.07, 6.45) is 0.397. The molecule has 28 heavy (non-hydrogen) atoms. The molecule has 0 saturated carbocycles. The first kappa shape index (κ1) is 18.6. The molecule has 0 bridgehead atoms. The van der Waals surface area contributed by atoms with Crippen molar-refractivity contribution in [2.75, 3.05) is 25.1 Å². The number of hydrogen-bond donors (Lipinski definition) is 1. The van der Waals surface area contributed by atoms with Gasteiger partial charge in [0.1, 0.15) is 11.6 Å². The molecular formula is C20H26N6O2. The number of ether oxygens (including phenoxy) is 1. The van der Waals surface area contributed by atoms with Crippen LogP contribution in [0.2, 0.25) is 0 Å². The molecule has 0 amide bonds. The molecule has 1 saturated heterocycles. The minimum absolute atomic E-state index is 0.212. The molecule has 1 aliphatic rings. The summed E-state index contributed by atoms with van der Waals surface area (Å²) in [5.41, 5.74) is 2.26. The van der Waals surface area contributed by atoms with Crippen LogP contribution in [0.1, 0.15) is 38.6 Å². The maximum atomic E-state index is 9.97. The van der Waals surface area contributed by atoms with Gasteiger partial charge in [0.15, 0.2) is 17.0 Å². The first-order chi connectivity index (χ1) is 13.3. The van der Waals surface area contributed by atoms with Crippen LogP contribution in [0, 0.1) is 0 Å². The van der Waals surface area contributed by atoms with Crippen molar-refractivity contribution in [2.24, 2.45) is 0 Å². The Kier molecular flexibility index (Phi) is 4.66. The molecule has 1 atom stereocenters. The van der Waals surface area contributed by atoms with E-state index in [9.17, 15) is 5.11 Å². The SMILES string of the molecule is COc1ccc(Cn2nnc3c(N4CC[C@H](O)C4)nc(C(C)(C)C)nc32)cc1. The molecule has 1 aliphatic heterocycles. The van der Waals surface area contributed by atoms with Crippen molar-refractivity contribution in [3.8, 4) is 5.75 Å². The number of rotatable bonds is 4. The average molecular weight is 382 g/mol. The van der Waals surface area contributed by atoms with Gasteiger partial charge in [-0.2, -0.15) is 0 Å². The molecule has 0 unspecified atom stereocenters. The Morgan fingerprint density at radius 1 is 1.18 bits per heavy atom. The molecule has 8 heteroatoms. The molecule has 8 nitrogen and oxygen atoms in total. The first-order valence-corrected chi connectivity index (χ1v) is 9.53. The van der Waals surface area contributed by atoms with Gasteiger partial charge in [0.2, 0.25) is 0 Å². The van der Waals surface area contributed by atoms with Gasteiger partial charge in [-0.1, -0.05) is 38.1 Å². The fourth-order valence-electron chi connectivity index (χ4n) is 3.34. The number of aliphatic hydroxyl groups excluding tert-OH is 1. The van der Waals surface area contributed by atoms with Gasteiger partial charge in [0, 0.05) is 18.5 Å². The maximum absolute atomic E-state index is 9.97. The Morgan fingerprint density at radius 3 is 2.54 bits per heavy atom. The summed E-state index contributed by atoms with van der Waals surface area (Å²) in [5.74, 6) is 2.32. The normalized spacial score (nSPS) is 17.5. The quantitative estimate of drug-likeness (QED) is 0.739. The van der Waals surface area contributed by atoms with Gasteiger partial charge in [-0.25, -0.2) is 14.6 Å². The van der Waals surface area contributed by atoms with Crippen LogP contribution in [0.5, 0.6) is 5.75 Å². The molecule has 1 fully saturated rings. The number of β-amino-alcohol motifs (C(OH)–C–C–N with tert-alkyl or cyclic N) is 1. The predicted octanol–water partition coefficient (Wildman–Crippen LogP) is 2.15. The molecule has 0 spiro atoms. The van der Waals surface area contributed by atoms with E-state index in [2.05, 4.69) is 36.0 Å². The molecular weight excluding hydrogens is 356 g/mol. The van der Waals surface area contributed by atoms with Crippen molar-refractivity contribution < 1.29 is 9.84 Å². The van der Waals surface area contributed by atoms with Gasteiger partial charge in [-0.15, -0.1) is 5.10 Å². The highest BCUT2D eigenvalue weighted by atomic mass is 16.5. The highest BCUT2D eigenvalue weighted by molar-refractivity contribution is 5.83. The molecule has 3 aromatic rings. The Morgan fingerprint density at radius 2 is 1.93 bits per heavy atom. The molecule has 148 valence electrons. The second-order valence-corrected chi connectivity index (χ2v) is 8.28. The lowest BCUT2D eigenvalue weighted by Crippen LogP contribution is -2.25. The molecule has 4 rings (SSSR count). The standard InChI is InChI=1S/C20H26N6O2/c1-20(2,3)19-21-17(25-10-9-14(27)12-25)16-18(22-19)26(24-23-16)11-13-5-7-15(28-4)8-6-13/h5-8,14,27H,9-12H2,1-4H3/t14-/m0/s1. The number of benzene rings is 1. The molecule has 0 aliphatic carbocycles. The zero-order chi connectivity index (χ0) is 19.9. The number of aromatic nitrogens is 5. The van der Waals surface area contributed by atoms with Gasteiger partial charge < -0.3 is 14.7 Å². The van der Waals surface area contributed by atoms with Crippen LogP contribution in [0.15, 0.2) is 24.3 Å². The summed E-state index contributed by atoms with van der Waals surface area (Å²) < 4.78 is 7.04. The smallest absolute Gasteiger partial charge is 0.184 e. The Bertz CT molecular complexity index is 977.